The Kier molecular flexibility index (Phi) is 7.63. The fraction of sp³-hybridized carbons (Fsp3) is 0.129. The Hall–Kier alpha value is -4.98. The van der Waals surface area contributed by atoms with Crippen LogP contribution in [-0.4, -0.2) is 22.7 Å². The SMILES string of the molecule is O=C(NCc1ccc(CNC(=O)c2ccc(NC(=O)N3Cc4ccc(F)cc4C3)cc2)cc1)c1ccccc1. The van der Waals surface area contributed by atoms with Gasteiger partial charge in [-0.3, -0.25) is 9.59 Å². The summed E-state index contributed by atoms with van der Waals surface area (Å²) < 4.78 is 13.4. The fourth-order valence-corrected chi connectivity index (χ4v) is 4.35. The van der Waals surface area contributed by atoms with E-state index in [1.807, 2.05) is 42.5 Å². The van der Waals surface area contributed by atoms with Crippen LogP contribution in [0.3, 0.4) is 0 Å². The molecule has 5 rings (SSSR count). The number of nitrogens with one attached hydrogen (secondary N) is 3. The highest BCUT2D eigenvalue weighted by Gasteiger charge is 2.23. The smallest absolute Gasteiger partial charge is 0.322 e. The molecule has 0 saturated heterocycles. The van der Waals surface area contributed by atoms with Crippen molar-refractivity contribution in [2.75, 3.05) is 5.32 Å². The summed E-state index contributed by atoms with van der Waals surface area (Å²) in [5, 5.41) is 8.61. The van der Waals surface area contributed by atoms with E-state index >= 15 is 0 Å². The molecule has 0 fully saturated rings. The van der Waals surface area contributed by atoms with Gasteiger partial charge >= 0.3 is 6.03 Å². The van der Waals surface area contributed by atoms with Crippen molar-refractivity contribution in [2.24, 2.45) is 0 Å². The lowest BCUT2D eigenvalue weighted by Gasteiger charge is -2.16. The van der Waals surface area contributed by atoms with Gasteiger partial charge in [0.2, 0.25) is 0 Å². The third kappa shape index (κ3) is 6.48. The molecule has 196 valence electrons. The summed E-state index contributed by atoms with van der Waals surface area (Å²) in [6, 6.07) is 27.6. The number of halogens is 1. The summed E-state index contributed by atoms with van der Waals surface area (Å²) in [6.07, 6.45) is 0. The first-order valence-corrected chi connectivity index (χ1v) is 12.6. The highest BCUT2D eigenvalue weighted by atomic mass is 19.1. The van der Waals surface area contributed by atoms with E-state index in [2.05, 4.69) is 16.0 Å². The van der Waals surface area contributed by atoms with E-state index in [1.54, 1.807) is 47.4 Å². The molecule has 7 nitrogen and oxygen atoms in total. The second kappa shape index (κ2) is 11.6. The topological polar surface area (TPSA) is 90.5 Å². The number of rotatable bonds is 7. The molecule has 0 aliphatic carbocycles. The van der Waals surface area contributed by atoms with E-state index in [-0.39, 0.29) is 23.7 Å². The summed E-state index contributed by atoms with van der Waals surface area (Å²) in [4.78, 5) is 39.0. The molecule has 39 heavy (non-hydrogen) atoms. The lowest BCUT2D eigenvalue weighted by Crippen LogP contribution is -2.30. The number of hydrogen-bond acceptors (Lipinski definition) is 3. The molecule has 4 aromatic rings. The molecule has 4 aromatic carbocycles. The third-order valence-corrected chi connectivity index (χ3v) is 6.54. The van der Waals surface area contributed by atoms with Crippen LogP contribution in [0.25, 0.3) is 0 Å². The van der Waals surface area contributed by atoms with Crippen LogP contribution in [0.1, 0.15) is 43.0 Å². The van der Waals surface area contributed by atoms with Crippen molar-refractivity contribution in [2.45, 2.75) is 26.2 Å². The molecule has 0 atom stereocenters. The number of anilines is 1. The Bertz CT molecular complexity index is 1490. The van der Waals surface area contributed by atoms with Gasteiger partial charge < -0.3 is 20.9 Å². The average Bonchev–Trinajstić information content (AvgIpc) is 3.39. The van der Waals surface area contributed by atoms with Gasteiger partial charge in [0.1, 0.15) is 5.82 Å². The number of benzene rings is 4. The molecule has 1 heterocycles. The molecule has 4 amide bonds. The Morgan fingerprint density at radius 3 is 1.85 bits per heavy atom. The zero-order valence-corrected chi connectivity index (χ0v) is 21.1. The van der Waals surface area contributed by atoms with Crippen molar-refractivity contribution in [3.05, 3.63) is 136 Å². The number of hydrogen-bond donors (Lipinski definition) is 3. The Morgan fingerprint density at radius 1 is 0.667 bits per heavy atom. The van der Waals surface area contributed by atoms with Crippen LogP contribution in [0, 0.1) is 5.82 Å². The van der Waals surface area contributed by atoms with Crippen LogP contribution in [-0.2, 0) is 26.2 Å². The molecule has 1 aliphatic heterocycles. The summed E-state index contributed by atoms with van der Waals surface area (Å²) in [5.41, 5.74) is 5.27. The van der Waals surface area contributed by atoms with Crippen molar-refractivity contribution < 1.29 is 18.8 Å². The van der Waals surface area contributed by atoms with E-state index in [1.165, 1.54) is 12.1 Å². The van der Waals surface area contributed by atoms with E-state index in [4.69, 9.17) is 0 Å². The minimum Gasteiger partial charge on any atom is -0.348 e. The molecular weight excluding hydrogens is 495 g/mol. The maximum Gasteiger partial charge on any atom is 0.322 e. The van der Waals surface area contributed by atoms with Gasteiger partial charge in [-0.25, -0.2) is 9.18 Å². The van der Waals surface area contributed by atoms with E-state index in [9.17, 15) is 18.8 Å². The summed E-state index contributed by atoms with van der Waals surface area (Å²) in [7, 11) is 0. The second-order valence-electron chi connectivity index (χ2n) is 9.32. The van der Waals surface area contributed by atoms with Gasteiger partial charge in [-0.1, -0.05) is 48.5 Å². The van der Waals surface area contributed by atoms with Crippen LogP contribution in [0.5, 0.6) is 0 Å². The summed E-state index contributed by atoms with van der Waals surface area (Å²) in [6.45, 7) is 1.53. The number of fused-ring (bicyclic) bond motifs is 1. The van der Waals surface area contributed by atoms with Crippen molar-refractivity contribution in [1.29, 1.82) is 0 Å². The highest BCUT2D eigenvalue weighted by molar-refractivity contribution is 5.95. The number of nitrogens with zero attached hydrogens (tertiary/aromatic N) is 1. The first-order chi connectivity index (χ1) is 18.9. The zero-order chi connectivity index (χ0) is 27.2. The van der Waals surface area contributed by atoms with Gasteiger partial charge in [0, 0.05) is 43.0 Å². The summed E-state index contributed by atoms with van der Waals surface area (Å²) >= 11 is 0. The standard InChI is InChI=1S/C31H27FN4O3/c32-27-13-10-25-19-36(20-26(25)16-27)31(39)35-28-14-11-24(12-15-28)30(38)34-18-22-8-6-21(7-9-22)17-33-29(37)23-4-2-1-3-5-23/h1-16H,17-20H2,(H,33,37)(H,34,38)(H,35,39). The van der Waals surface area contributed by atoms with Gasteiger partial charge in [-0.2, -0.15) is 0 Å². The maximum atomic E-state index is 13.4. The number of amides is 4. The number of carbonyl (C=O) groups excluding carboxylic acids is 3. The molecule has 1 aliphatic rings. The lowest BCUT2D eigenvalue weighted by molar-refractivity contribution is 0.0942. The van der Waals surface area contributed by atoms with Gasteiger partial charge in [0.25, 0.3) is 11.8 Å². The Labute approximate surface area is 225 Å². The quantitative estimate of drug-likeness (QED) is 0.310. The molecule has 0 aromatic heterocycles. The third-order valence-electron chi connectivity index (χ3n) is 6.54. The Balaban J connectivity index is 1.07. The zero-order valence-electron chi connectivity index (χ0n) is 21.1. The van der Waals surface area contributed by atoms with Crippen LogP contribution in [0.2, 0.25) is 0 Å². The first-order valence-electron chi connectivity index (χ1n) is 12.6. The average molecular weight is 523 g/mol. The molecule has 3 N–H and O–H groups in total. The van der Waals surface area contributed by atoms with Gasteiger partial charge in [0.05, 0.1) is 0 Å². The molecule has 0 unspecified atom stereocenters. The fourth-order valence-electron chi connectivity index (χ4n) is 4.35. The maximum absolute atomic E-state index is 13.4. The Morgan fingerprint density at radius 2 is 1.23 bits per heavy atom. The van der Waals surface area contributed by atoms with Gasteiger partial charge in [-0.05, 0) is 70.8 Å². The minimum atomic E-state index is -0.314. The van der Waals surface area contributed by atoms with Gasteiger partial charge in [0.15, 0.2) is 0 Å². The molecule has 8 heteroatoms. The molecule has 0 radical (unpaired) electrons. The largest absolute Gasteiger partial charge is 0.348 e. The normalized spacial score (nSPS) is 12.0. The molecular formula is C31H27FN4O3. The lowest BCUT2D eigenvalue weighted by atomic mass is 10.1. The van der Waals surface area contributed by atoms with Crippen LogP contribution < -0.4 is 16.0 Å². The van der Waals surface area contributed by atoms with Gasteiger partial charge in [-0.15, -0.1) is 0 Å². The number of urea groups is 1. The molecule has 0 bridgehead atoms. The predicted molar refractivity (Wildman–Crippen MR) is 146 cm³/mol. The van der Waals surface area contributed by atoms with Crippen molar-refractivity contribution in [3.63, 3.8) is 0 Å². The number of carbonyl (C=O) groups is 3. The van der Waals surface area contributed by atoms with E-state index < -0.39 is 0 Å². The van der Waals surface area contributed by atoms with Crippen molar-refractivity contribution in [1.82, 2.24) is 15.5 Å². The van der Waals surface area contributed by atoms with Crippen molar-refractivity contribution >= 4 is 23.5 Å². The highest BCUT2D eigenvalue weighted by Crippen LogP contribution is 2.24. The van der Waals surface area contributed by atoms with Crippen LogP contribution >= 0.6 is 0 Å². The molecule has 0 saturated carbocycles. The van der Waals surface area contributed by atoms with E-state index in [0.717, 1.165) is 22.3 Å². The minimum absolute atomic E-state index is 0.129. The molecule has 0 spiro atoms. The monoisotopic (exact) mass is 522 g/mol. The van der Waals surface area contributed by atoms with Crippen molar-refractivity contribution in [3.8, 4) is 0 Å². The first kappa shape index (κ1) is 25.7. The van der Waals surface area contributed by atoms with E-state index in [0.29, 0.717) is 43.0 Å². The predicted octanol–water partition coefficient (Wildman–Crippen LogP) is 5.23. The van der Waals surface area contributed by atoms with Crippen LogP contribution in [0.4, 0.5) is 14.9 Å². The summed E-state index contributed by atoms with van der Waals surface area (Å²) in [5.74, 6) is -0.675. The van der Waals surface area contributed by atoms with Crippen LogP contribution in [0.15, 0.2) is 97.1 Å². The second-order valence-corrected chi connectivity index (χ2v) is 9.32.